The highest BCUT2D eigenvalue weighted by molar-refractivity contribution is 6.31. The maximum Gasteiger partial charge on any atom is 0.163 e. The van der Waals surface area contributed by atoms with Crippen LogP contribution in [0.5, 0.6) is 0 Å². The van der Waals surface area contributed by atoms with Gasteiger partial charge >= 0.3 is 0 Å². The summed E-state index contributed by atoms with van der Waals surface area (Å²) >= 11 is 6.27. The van der Waals surface area contributed by atoms with Crippen LogP contribution in [0.25, 0.3) is 11.0 Å². The van der Waals surface area contributed by atoms with Crippen molar-refractivity contribution < 1.29 is 0 Å². The van der Waals surface area contributed by atoms with Gasteiger partial charge in [0.2, 0.25) is 0 Å². The number of fused-ring (bicyclic) bond motifs is 1. The van der Waals surface area contributed by atoms with E-state index in [1.54, 1.807) is 6.33 Å². The van der Waals surface area contributed by atoms with Gasteiger partial charge in [-0.1, -0.05) is 49.1 Å². The Balaban J connectivity index is 1.62. The molecule has 5 nitrogen and oxygen atoms in total. The van der Waals surface area contributed by atoms with E-state index in [1.807, 2.05) is 35.1 Å². The van der Waals surface area contributed by atoms with Gasteiger partial charge in [-0.25, -0.2) is 14.6 Å². The van der Waals surface area contributed by atoms with E-state index in [9.17, 15) is 0 Å². The third-order valence-electron chi connectivity index (χ3n) is 4.66. The fourth-order valence-electron chi connectivity index (χ4n) is 3.35. The molecule has 1 aromatic carbocycles. The summed E-state index contributed by atoms with van der Waals surface area (Å²) in [6.45, 7) is 0.600. The minimum absolute atomic E-state index is 0.503. The van der Waals surface area contributed by atoms with E-state index in [1.165, 1.54) is 32.1 Å². The summed E-state index contributed by atoms with van der Waals surface area (Å²) in [4.78, 5) is 8.86. The Morgan fingerprint density at radius 3 is 2.79 bits per heavy atom. The van der Waals surface area contributed by atoms with Crippen molar-refractivity contribution >= 4 is 28.5 Å². The maximum absolute atomic E-state index is 6.27. The molecular weight excluding hydrogens is 322 g/mol. The molecule has 0 spiro atoms. The SMILES string of the molecule is Clc1ccccc1Cn1ncc2c(NC3CCCCC3)ncnc21. The zero-order chi connectivity index (χ0) is 16.4. The van der Waals surface area contributed by atoms with Gasteiger partial charge in [0.1, 0.15) is 12.1 Å². The Bertz CT molecular complexity index is 838. The van der Waals surface area contributed by atoms with Gasteiger partial charge < -0.3 is 5.32 Å². The summed E-state index contributed by atoms with van der Waals surface area (Å²) < 4.78 is 1.88. The molecule has 6 heteroatoms. The van der Waals surface area contributed by atoms with Crippen molar-refractivity contribution in [1.82, 2.24) is 19.7 Å². The van der Waals surface area contributed by atoms with Crippen molar-refractivity contribution in [2.45, 2.75) is 44.7 Å². The predicted octanol–water partition coefficient (Wildman–Crippen LogP) is 4.27. The zero-order valence-corrected chi connectivity index (χ0v) is 14.2. The molecule has 1 aliphatic rings. The highest BCUT2D eigenvalue weighted by Crippen LogP contribution is 2.25. The first-order chi connectivity index (χ1) is 11.8. The van der Waals surface area contributed by atoms with E-state index in [4.69, 9.17) is 11.6 Å². The molecule has 4 rings (SSSR count). The van der Waals surface area contributed by atoms with Crippen LogP contribution >= 0.6 is 11.6 Å². The van der Waals surface area contributed by atoms with Crippen LogP contribution in [0.3, 0.4) is 0 Å². The lowest BCUT2D eigenvalue weighted by atomic mass is 9.95. The summed E-state index contributed by atoms with van der Waals surface area (Å²) in [5, 5.41) is 9.80. The molecule has 0 aliphatic heterocycles. The lowest BCUT2D eigenvalue weighted by Crippen LogP contribution is -2.22. The van der Waals surface area contributed by atoms with E-state index < -0.39 is 0 Å². The number of hydrogen-bond acceptors (Lipinski definition) is 4. The van der Waals surface area contributed by atoms with Gasteiger partial charge in [0.25, 0.3) is 0 Å². The van der Waals surface area contributed by atoms with Crippen molar-refractivity contribution in [2.24, 2.45) is 0 Å². The van der Waals surface area contributed by atoms with E-state index >= 15 is 0 Å². The standard InChI is InChI=1S/C18H20ClN5/c19-16-9-5-4-6-13(16)11-24-18-15(10-22-24)17(20-12-21-18)23-14-7-2-1-3-8-14/h4-6,9-10,12,14H,1-3,7-8,11H2,(H,20,21,23). The molecule has 0 saturated heterocycles. The lowest BCUT2D eigenvalue weighted by molar-refractivity contribution is 0.462. The molecule has 124 valence electrons. The van der Waals surface area contributed by atoms with Crippen LogP contribution in [-0.4, -0.2) is 25.8 Å². The smallest absolute Gasteiger partial charge is 0.163 e. The van der Waals surface area contributed by atoms with Crippen LogP contribution in [0, 0.1) is 0 Å². The van der Waals surface area contributed by atoms with Crippen LogP contribution < -0.4 is 5.32 Å². The van der Waals surface area contributed by atoms with Gasteiger partial charge in [0, 0.05) is 11.1 Å². The molecule has 2 heterocycles. The van der Waals surface area contributed by atoms with Crippen molar-refractivity contribution in [3.05, 3.63) is 47.4 Å². The predicted molar refractivity (Wildman–Crippen MR) is 96.4 cm³/mol. The summed E-state index contributed by atoms with van der Waals surface area (Å²) in [7, 11) is 0. The second-order valence-electron chi connectivity index (χ2n) is 6.33. The Morgan fingerprint density at radius 1 is 1.12 bits per heavy atom. The largest absolute Gasteiger partial charge is 0.367 e. The van der Waals surface area contributed by atoms with Crippen LogP contribution in [0.2, 0.25) is 5.02 Å². The molecule has 24 heavy (non-hydrogen) atoms. The molecule has 0 amide bonds. The van der Waals surface area contributed by atoms with Gasteiger partial charge in [0.05, 0.1) is 18.1 Å². The van der Waals surface area contributed by atoms with Crippen molar-refractivity contribution in [3.63, 3.8) is 0 Å². The van der Waals surface area contributed by atoms with Crippen molar-refractivity contribution in [3.8, 4) is 0 Å². The summed E-state index contributed by atoms with van der Waals surface area (Å²) in [6, 6.07) is 8.33. The summed E-state index contributed by atoms with van der Waals surface area (Å²) in [5.74, 6) is 0.886. The van der Waals surface area contributed by atoms with Gasteiger partial charge in [-0.05, 0) is 24.5 Å². The molecule has 1 fully saturated rings. The van der Waals surface area contributed by atoms with Crippen molar-refractivity contribution in [1.29, 1.82) is 0 Å². The summed E-state index contributed by atoms with van der Waals surface area (Å²) in [6.07, 6.45) is 9.79. The number of benzene rings is 1. The first-order valence-electron chi connectivity index (χ1n) is 8.48. The highest BCUT2D eigenvalue weighted by Gasteiger charge is 2.16. The molecule has 0 bridgehead atoms. The fraction of sp³-hybridized carbons (Fsp3) is 0.389. The zero-order valence-electron chi connectivity index (χ0n) is 13.5. The second-order valence-corrected chi connectivity index (χ2v) is 6.74. The molecule has 0 unspecified atom stereocenters. The van der Waals surface area contributed by atoms with E-state index in [0.29, 0.717) is 12.6 Å². The minimum Gasteiger partial charge on any atom is -0.367 e. The average molecular weight is 342 g/mol. The third kappa shape index (κ3) is 3.08. The molecule has 0 atom stereocenters. The Hall–Kier alpha value is -2.14. The van der Waals surface area contributed by atoms with Gasteiger partial charge in [-0.2, -0.15) is 5.10 Å². The number of rotatable bonds is 4. The third-order valence-corrected chi connectivity index (χ3v) is 5.03. The summed E-state index contributed by atoms with van der Waals surface area (Å²) in [5.41, 5.74) is 1.87. The molecule has 2 aromatic heterocycles. The van der Waals surface area contributed by atoms with Gasteiger partial charge in [-0.3, -0.25) is 0 Å². The van der Waals surface area contributed by atoms with E-state index in [2.05, 4.69) is 20.4 Å². The van der Waals surface area contributed by atoms with Crippen LogP contribution in [-0.2, 0) is 6.54 Å². The van der Waals surface area contributed by atoms with E-state index in [0.717, 1.165) is 27.4 Å². The highest BCUT2D eigenvalue weighted by atomic mass is 35.5. The number of halogens is 1. The number of nitrogens with zero attached hydrogens (tertiary/aromatic N) is 4. The molecule has 1 saturated carbocycles. The Kier molecular flexibility index (Phi) is 4.34. The molecule has 0 radical (unpaired) electrons. The monoisotopic (exact) mass is 341 g/mol. The lowest BCUT2D eigenvalue weighted by Gasteiger charge is -2.23. The number of nitrogens with one attached hydrogen (secondary N) is 1. The quantitative estimate of drug-likeness (QED) is 0.769. The number of aromatic nitrogens is 4. The normalized spacial score (nSPS) is 15.7. The number of anilines is 1. The Morgan fingerprint density at radius 2 is 1.96 bits per heavy atom. The maximum atomic E-state index is 6.27. The molecule has 3 aromatic rings. The fourth-order valence-corrected chi connectivity index (χ4v) is 3.55. The number of hydrogen-bond donors (Lipinski definition) is 1. The van der Waals surface area contributed by atoms with Crippen LogP contribution in [0.15, 0.2) is 36.8 Å². The molecular formula is C18H20ClN5. The topological polar surface area (TPSA) is 55.6 Å². The molecule has 1 N–H and O–H groups in total. The van der Waals surface area contributed by atoms with Crippen LogP contribution in [0.4, 0.5) is 5.82 Å². The first-order valence-corrected chi connectivity index (χ1v) is 8.85. The first kappa shape index (κ1) is 15.4. The average Bonchev–Trinajstić information content (AvgIpc) is 3.02. The van der Waals surface area contributed by atoms with Crippen LogP contribution in [0.1, 0.15) is 37.7 Å². The second kappa shape index (κ2) is 6.77. The van der Waals surface area contributed by atoms with Gasteiger partial charge in [-0.15, -0.1) is 0 Å². The van der Waals surface area contributed by atoms with E-state index in [-0.39, 0.29) is 0 Å². The van der Waals surface area contributed by atoms with Crippen molar-refractivity contribution in [2.75, 3.05) is 5.32 Å². The Labute approximate surface area is 146 Å². The van der Waals surface area contributed by atoms with Gasteiger partial charge in [0.15, 0.2) is 5.65 Å². The molecule has 1 aliphatic carbocycles. The minimum atomic E-state index is 0.503.